The number of fused-ring (bicyclic) bond motifs is 1. The minimum atomic E-state index is -0.651. The van der Waals surface area contributed by atoms with Crippen molar-refractivity contribution in [3.8, 4) is 5.75 Å². The smallest absolute Gasteiger partial charge is 0.332 e. The zero-order chi connectivity index (χ0) is 20.1. The Morgan fingerprint density at radius 2 is 1.96 bits per heavy atom. The number of benzene rings is 1. The number of nitrogens with one attached hydrogen (secondary N) is 1. The highest BCUT2D eigenvalue weighted by atomic mass is 16.5. The summed E-state index contributed by atoms with van der Waals surface area (Å²) < 4.78 is 9.72. The molecule has 0 radical (unpaired) electrons. The number of hydrogen-bond donors (Lipinski definition) is 2. The number of ether oxygens (including phenoxy) is 1. The Morgan fingerprint density at radius 1 is 1.21 bits per heavy atom. The molecule has 3 rings (SSSR count). The quantitative estimate of drug-likeness (QED) is 0.495. The van der Waals surface area contributed by atoms with Crippen molar-refractivity contribution >= 4 is 11.2 Å². The molecule has 0 spiro atoms. The Bertz CT molecular complexity index is 1040. The van der Waals surface area contributed by atoms with E-state index in [1.165, 1.54) is 15.5 Å². The number of aryl methyl sites for hydroxylation is 2. The van der Waals surface area contributed by atoms with Crippen LogP contribution in [0.3, 0.4) is 0 Å². The van der Waals surface area contributed by atoms with Crippen molar-refractivity contribution in [3.63, 3.8) is 0 Å². The highest BCUT2D eigenvalue weighted by Crippen LogP contribution is 2.08. The molecule has 150 valence electrons. The van der Waals surface area contributed by atoms with Crippen LogP contribution < -0.4 is 21.3 Å². The molecule has 1 atom stereocenters. The Balaban J connectivity index is 1.48. The van der Waals surface area contributed by atoms with Gasteiger partial charge in [0, 0.05) is 27.2 Å². The lowest BCUT2D eigenvalue weighted by Gasteiger charge is -2.13. The summed E-state index contributed by atoms with van der Waals surface area (Å²) in [5.74, 6) is 0.710. The van der Waals surface area contributed by atoms with Gasteiger partial charge in [0.25, 0.3) is 5.56 Å². The third kappa shape index (κ3) is 4.32. The predicted molar refractivity (Wildman–Crippen MR) is 106 cm³/mol. The van der Waals surface area contributed by atoms with E-state index in [9.17, 15) is 14.7 Å². The van der Waals surface area contributed by atoms with Gasteiger partial charge in [0.05, 0.1) is 6.33 Å². The van der Waals surface area contributed by atoms with Gasteiger partial charge in [-0.15, -0.1) is 0 Å². The molecule has 0 aliphatic carbocycles. The first-order valence-electron chi connectivity index (χ1n) is 9.16. The van der Waals surface area contributed by atoms with Gasteiger partial charge in [-0.25, -0.2) is 9.78 Å². The summed E-state index contributed by atoms with van der Waals surface area (Å²) in [6, 6.07) is 9.30. The van der Waals surface area contributed by atoms with Gasteiger partial charge < -0.3 is 19.7 Å². The van der Waals surface area contributed by atoms with Crippen molar-refractivity contribution in [2.75, 3.05) is 19.7 Å². The summed E-state index contributed by atoms with van der Waals surface area (Å²) in [5, 5.41) is 13.1. The summed E-state index contributed by atoms with van der Waals surface area (Å²) >= 11 is 0. The summed E-state index contributed by atoms with van der Waals surface area (Å²) in [6.07, 6.45) is 1.45. The van der Waals surface area contributed by atoms with Crippen molar-refractivity contribution < 1.29 is 9.84 Å². The predicted octanol–water partition coefficient (Wildman–Crippen LogP) is -0.147. The number of nitrogens with zero attached hydrogens (tertiary/aromatic N) is 4. The average molecular weight is 387 g/mol. The average Bonchev–Trinajstić information content (AvgIpc) is 3.09. The molecule has 1 unspecified atom stereocenters. The van der Waals surface area contributed by atoms with E-state index in [-0.39, 0.29) is 24.4 Å². The third-order valence-electron chi connectivity index (χ3n) is 4.50. The molecule has 28 heavy (non-hydrogen) atoms. The van der Waals surface area contributed by atoms with Crippen molar-refractivity contribution in [1.29, 1.82) is 0 Å². The zero-order valence-corrected chi connectivity index (χ0v) is 16.0. The van der Waals surface area contributed by atoms with Gasteiger partial charge in [0.2, 0.25) is 0 Å². The summed E-state index contributed by atoms with van der Waals surface area (Å²) in [4.78, 5) is 29.1. The van der Waals surface area contributed by atoms with Crippen molar-refractivity contribution in [2.24, 2.45) is 14.1 Å². The summed E-state index contributed by atoms with van der Waals surface area (Å²) in [6.45, 7) is 1.40. The minimum absolute atomic E-state index is 0.189. The highest BCUT2D eigenvalue weighted by Gasteiger charge is 2.14. The first kappa shape index (κ1) is 19.8. The van der Waals surface area contributed by atoms with E-state index >= 15 is 0 Å². The molecule has 0 amide bonds. The van der Waals surface area contributed by atoms with Crippen LogP contribution in [-0.2, 0) is 20.6 Å². The van der Waals surface area contributed by atoms with Crippen LogP contribution in [0.5, 0.6) is 5.75 Å². The van der Waals surface area contributed by atoms with E-state index < -0.39 is 6.10 Å². The zero-order valence-electron chi connectivity index (χ0n) is 16.0. The second-order valence-electron chi connectivity index (χ2n) is 6.66. The Labute approximate surface area is 161 Å². The third-order valence-corrected chi connectivity index (χ3v) is 4.50. The molecule has 9 heteroatoms. The monoisotopic (exact) mass is 387 g/mol. The molecule has 1 aromatic carbocycles. The summed E-state index contributed by atoms with van der Waals surface area (Å²) in [7, 11) is 3.33. The van der Waals surface area contributed by atoms with Crippen molar-refractivity contribution in [2.45, 2.75) is 19.1 Å². The molecule has 2 heterocycles. The molecule has 3 aromatic rings. The van der Waals surface area contributed by atoms with Crippen LogP contribution in [0, 0.1) is 0 Å². The SMILES string of the molecule is Cn1cnc2c1c(=O)n(CCCNCC(O)COc1ccccc1)c(=O)n2C. The Hall–Kier alpha value is -2.91. The van der Waals surface area contributed by atoms with Crippen LogP contribution in [0.2, 0.25) is 0 Å². The first-order valence-corrected chi connectivity index (χ1v) is 9.16. The molecular formula is C19H25N5O4. The molecule has 0 aliphatic rings. The number of rotatable bonds is 9. The molecule has 0 bridgehead atoms. The van der Waals surface area contributed by atoms with Gasteiger partial charge in [-0.2, -0.15) is 0 Å². The van der Waals surface area contributed by atoms with Crippen molar-refractivity contribution in [3.05, 3.63) is 57.5 Å². The van der Waals surface area contributed by atoms with Crippen LogP contribution in [-0.4, -0.2) is 49.6 Å². The minimum Gasteiger partial charge on any atom is -0.491 e. The van der Waals surface area contributed by atoms with E-state index in [0.717, 1.165) is 0 Å². The van der Waals surface area contributed by atoms with E-state index in [2.05, 4.69) is 10.3 Å². The lowest BCUT2D eigenvalue weighted by atomic mass is 10.3. The maximum Gasteiger partial charge on any atom is 0.332 e. The number of hydrogen-bond acceptors (Lipinski definition) is 6. The number of para-hydroxylation sites is 1. The number of aliphatic hydroxyl groups excluding tert-OH is 1. The molecular weight excluding hydrogens is 362 g/mol. The molecule has 0 aliphatic heterocycles. The number of imidazole rings is 1. The Kier molecular flexibility index (Phi) is 6.27. The van der Waals surface area contributed by atoms with Crippen LogP contribution >= 0.6 is 0 Å². The van der Waals surface area contributed by atoms with Gasteiger partial charge in [0.1, 0.15) is 18.5 Å². The lowest BCUT2D eigenvalue weighted by molar-refractivity contribution is 0.106. The molecule has 0 saturated carbocycles. The van der Waals surface area contributed by atoms with Gasteiger partial charge in [0.15, 0.2) is 11.2 Å². The topological polar surface area (TPSA) is 103 Å². The van der Waals surface area contributed by atoms with Gasteiger partial charge in [-0.1, -0.05) is 18.2 Å². The highest BCUT2D eigenvalue weighted by molar-refractivity contribution is 5.69. The summed E-state index contributed by atoms with van der Waals surface area (Å²) in [5.41, 5.74) is 0.0684. The largest absolute Gasteiger partial charge is 0.491 e. The second-order valence-corrected chi connectivity index (χ2v) is 6.66. The normalized spacial score (nSPS) is 12.4. The van der Waals surface area contributed by atoms with Crippen molar-refractivity contribution in [1.82, 2.24) is 24.0 Å². The number of aliphatic hydroxyl groups is 1. The maximum atomic E-state index is 12.6. The lowest BCUT2D eigenvalue weighted by Crippen LogP contribution is -2.40. The molecule has 2 aromatic heterocycles. The van der Waals surface area contributed by atoms with Crippen LogP contribution in [0.1, 0.15) is 6.42 Å². The second kappa shape index (κ2) is 8.85. The maximum absolute atomic E-state index is 12.6. The van der Waals surface area contributed by atoms with E-state index in [1.807, 2.05) is 30.3 Å². The van der Waals surface area contributed by atoms with Gasteiger partial charge in [-0.3, -0.25) is 13.9 Å². The van der Waals surface area contributed by atoms with E-state index in [1.54, 1.807) is 18.7 Å². The molecule has 0 fully saturated rings. The van der Waals surface area contributed by atoms with E-state index in [4.69, 9.17) is 4.74 Å². The fourth-order valence-corrected chi connectivity index (χ4v) is 2.99. The molecule has 0 saturated heterocycles. The molecule has 9 nitrogen and oxygen atoms in total. The van der Waals surface area contributed by atoms with Gasteiger partial charge in [-0.05, 0) is 25.1 Å². The fraction of sp³-hybridized carbons (Fsp3) is 0.421. The Morgan fingerprint density at radius 3 is 2.71 bits per heavy atom. The number of aromatic nitrogens is 4. The van der Waals surface area contributed by atoms with Gasteiger partial charge >= 0.3 is 5.69 Å². The van der Waals surface area contributed by atoms with Crippen LogP contribution in [0.25, 0.3) is 11.2 Å². The fourth-order valence-electron chi connectivity index (χ4n) is 2.99. The van der Waals surface area contributed by atoms with E-state index in [0.29, 0.717) is 36.4 Å². The van der Waals surface area contributed by atoms with Crippen LogP contribution in [0.4, 0.5) is 0 Å². The molecule has 2 N–H and O–H groups in total. The first-order chi connectivity index (χ1) is 13.5. The standard InChI is InChI=1S/C19H25N5O4/c1-22-13-21-17-16(22)18(26)24(19(27)23(17)2)10-6-9-20-11-14(25)12-28-15-7-4-3-5-8-15/h3-5,7-8,13-14,20,25H,6,9-12H2,1-2H3. The van der Waals surface area contributed by atoms with Crippen LogP contribution in [0.15, 0.2) is 46.2 Å².